The van der Waals surface area contributed by atoms with Gasteiger partial charge in [-0.05, 0) is 37.5 Å². The quantitative estimate of drug-likeness (QED) is 0.242. The van der Waals surface area contributed by atoms with E-state index < -0.39 is 0 Å². The molecule has 0 aliphatic carbocycles. The molecule has 30 heavy (non-hydrogen) atoms. The maximum Gasteiger partial charge on any atom is 0.224 e. The van der Waals surface area contributed by atoms with Gasteiger partial charge in [0.25, 0.3) is 0 Å². The van der Waals surface area contributed by atoms with Gasteiger partial charge in [-0.15, -0.1) is 24.0 Å². The summed E-state index contributed by atoms with van der Waals surface area (Å²) in [6, 6.07) is 5.97. The van der Waals surface area contributed by atoms with E-state index >= 15 is 0 Å². The first-order valence-corrected chi connectivity index (χ1v) is 10.4. The van der Waals surface area contributed by atoms with Crippen molar-refractivity contribution in [3.8, 4) is 0 Å². The number of ether oxygens (including phenoxy) is 2. The Morgan fingerprint density at radius 1 is 1.20 bits per heavy atom. The highest BCUT2D eigenvalue weighted by Crippen LogP contribution is 2.21. The van der Waals surface area contributed by atoms with E-state index in [1.54, 1.807) is 12.1 Å². The minimum Gasteiger partial charge on any atom is -0.375 e. The molecule has 0 spiro atoms. The maximum atomic E-state index is 12.9. The van der Waals surface area contributed by atoms with E-state index in [4.69, 9.17) is 9.47 Å². The molecule has 9 heteroatoms. The first-order chi connectivity index (χ1) is 14.2. The van der Waals surface area contributed by atoms with E-state index in [9.17, 15) is 9.18 Å². The third-order valence-corrected chi connectivity index (χ3v) is 5.08. The summed E-state index contributed by atoms with van der Waals surface area (Å²) in [6.45, 7) is 6.77. The lowest BCUT2D eigenvalue weighted by molar-refractivity contribution is -0.120. The zero-order valence-corrected chi connectivity index (χ0v) is 19.8. The highest BCUT2D eigenvalue weighted by atomic mass is 127. The molecule has 0 saturated carbocycles. The number of benzene rings is 1. The first-order valence-electron chi connectivity index (χ1n) is 10.4. The second kappa shape index (κ2) is 13.1. The number of amides is 1. The largest absolute Gasteiger partial charge is 0.375 e. The lowest BCUT2D eigenvalue weighted by Crippen LogP contribution is -2.53. The molecule has 2 aliphatic heterocycles. The molecule has 2 fully saturated rings. The Hall–Kier alpha value is -1.46. The molecule has 2 aliphatic rings. The van der Waals surface area contributed by atoms with Crippen LogP contribution in [0.4, 0.5) is 4.39 Å². The first kappa shape index (κ1) is 24.8. The smallest absolute Gasteiger partial charge is 0.224 e. The summed E-state index contributed by atoms with van der Waals surface area (Å²) < 4.78 is 24.6. The summed E-state index contributed by atoms with van der Waals surface area (Å²) in [4.78, 5) is 18.9. The van der Waals surface area contributed by atoms with Gasteiger partial charge in [0.2, 0.25) is 5.91 Å². The molecular weight excluding hydrogens is 502 g/mol. The van der Waals surface area contributed by atoms with E-state index in [1.807, 2.05) is 6.92 Å². The van der Waals surface area contributed by atoms with Crippen molar-refractivity contribution >= 4 is 35.8 Å². The zero-order chi connectivity index (χ0) is 20.5. The predicted octanol–water partition coefficient (Wildman–Crippen LogP) is 1.95. The number of rotatable bonds is 7. The monoisotopic (exact) mass is 534 g/mol. The minimum absolute atomic E-state index is 0. The van der Waals surface area contributed by atoms with Gasteiger partial charge in [0.05, 0.1) is 25.7 Å². The Labute approximate surface area is 194 Å². The standard InChI is InChI=1S/C21H31FN4O3.HI/c1-2-23-21(26-11-13-29-19(15-26)18-4-3-12-28-18)25-10-9-24-20(27)14-16-5-7-17(22)8-6-16;/h5-8,18-19H,2-4,9-15H2,1H3,(H,23,25)(H,24,27);1H. The number of nitrogens with one attached hydrogen (secondary N) is 2. The van der Waals surface area contributed by atoms with Crippen LogP contribution in [-0.4, -0.2) is 74.9 Å². The molecule has 2 N–H and O–H groups in total. The van der Waals surface area contributed by atoms with Gasteiger partial charge in [-0.2, -0.15) is 0 Å². The van der Waals surface area contributed by atoms with E-state index in [2.05, 4.69) is 20.5 Å². The van der Waals surface area contributed by atoms with Crippen LogP contribution in [0, 0.1) is 5.82 Å². The summed E-state index contributed by atoms with van der Waals surface area (Å²) in [5, 5.41) is 6.20. The molecule has 1 aromatic rings. The number of guanidine groups is 1. The summed E-state index contributed by atoms with van der Waals surface area (Å²) in [6.07, 6.45) is 2.62. The van der Waals surface area contributed by atoms with Gasteiger partial charge in [-0.1, -0.05) is 12.1 Å². The molecule has 7 nitrogen and oxygen atoms in total. The number of halogens is 2. The SMILES string of the molecule is CCNC(=NCCNC(=O)Cc1ccc(F)cc1)N1CCOC(C2CCCO2)C1.I. The van der Waals surface area contributed by atoms with Crippen molar-refractivity contribution < 1.29 is 18.7 Å². The highest BCUT2D eigenvalue weighted by Gasteiger charge is 2.32. The Morgan fingerprint density at radius 3 is 2.67 bits per heavy atom. The average Bonchev–Trinajstić information content (AvgIpc) is 3.27. The van der Waals surface area contributed by atoms with Crippen LogP contribution in [0.2, 0.25) is 0 Å². The van der Waals surface area contributed by atoms with Crippen LogP contribution in [0.3, 0.4) is 0 Å². The van der Waals surface area contributed by atoms with Crippen molar-refractivity contribution in [1.82, 2.24) is 15.5 Å². The molecule has 0 aromatic heterocycles. The number of hydrogen-bond donors (Lipinski definition) is 2. The summed E-state index contributed by atoms with van der Waals surface area (Å²) in [7, 11) is 0. The minimum atomic E-state index is -0.302. The number of carbonyl (C=O) groups excluding carboxylic acids is 1. The maximum absolute atomic E-state index is 12.9. The molecule has 3 rings (SSSR count). The lowest BCUT2D eigenvalue weighted by Gasteiger charge is -2.37. The van der Waals surface area contributed by atoms with Crippen LogP contribution in [0.25, 0.3) is 0 Å². The topological polar surface area (TPSA) is 75.2 Å². The number of carbonyl (C=O) groups is 1. The van der Waals surface area contributed by atoms with E-state index in [1.165, 1.54) is 12.1 Å². The van der Waals surface area contributed by atoms with Crippen LogP contribution in [0.5, 0.6) is 0 Å². The number of hydrogen-bond acceptors (Lipinski definition) is 4. The van der Waals surface area contributed by atoms with Crippen molar-refractivity contribution in [3.63, 3.8) is 0 Å². The molecule has 2 atom stereocenters. The molecule has 2 saturated heterocycles. The summed E-state index contributed by atoms with van der Waals surface area (Å²) in [5.74, 6) is 0.442. The van der Waals surface area contributed by atoms with Gasteiger partial charge >= 0.3 is 0 Å². The van der Waals surface area contributed by atoms with Gasteiger partial charge in [-0.3, -0.25) is 9.79 Å². The zero-order valence-electron chi connectivity index (χ0n) is 17.4. The van der Waals surface area contributed by atoms with Gasteiger partial charge in [0, 0.05) is 32.8 Å². The Kier molecular flexibility index (Phi) is 10.8. The van der Waals surface area contributed by atoms with Gasteiger partial charge < -0.3 is 25.0 Å². The molecule has 0 bridgehead atoms. The Morgan fingerprint density at radius 2 is 1.97 bits per heavy atom. The molecule has 1 amide bonds. The summed E-state index contributed by atoms with van der Waals surface area (Å²) in [5.41, 5.74) is 0.786. The van der Waals surface area contributed by atoms with E-state index in [-0.39, 0.29) is 54.3 Å². The molecule has 1 aromatic carbocycles. The molecule has 2 heterocycles. The van der Waals surface area contributed by atoms with Gasteiger partial charge in [0.15, 0.2) is 5.96 Å². The molecule has 168 valence electrons. The molecular formula is C21H32FIN4O3. The fraction of sp³-hybridized carbons (Fsp3) is 0.619. The van der Waals surface area contributed by atoms with Crippen molar-refractivity contribution in [1.29, 1.82) is 0 Å². The second-order valence-corrected chi connectivity index (χ2v) is 7.30. The van der Waals surface area contributed by atoms with Gasteiger partial charge in [-0.25, -0.2) is 4.39 Å². The number of aliphatic imine (C=N–C) groups is 1. The van der Waals surface area contributed by atoms with Crippen LogP contribution in [-0.2, 0) is 20.7 Å². The Balaban J connectivity index is 0.00000320. The van der Waals surface area contributed by atoms with E-state index in [0.717, 1.165) is 50.6 Å². The molecule has 2 unspecified atom stereocenters. The normalized spacial score (nSPS) is 21.8. The van der Waals surface area contributed by atoms with E-state index in [0.29, 0.717) is 19.7 Å². The fourth-order valence-corrected chi connectivity index (χ4v) is 3.62. The highest BCUT2D eigenvalue weighted by molar-refractivity contribution is 14.0. The van der Waals surface area contributed by atoms with Crippen LogP contribution in [0.1, 0.15) is 25.3 Å². The van der Waals surface area contributed by atoms with Crippen molar-refractivity contribution in [2.45, 2.75) is 38.4 Å². The predicted molar refractivity (Wildman–Crippen MR) is 125 cm³/mol. The molecule has 0 radical (unpaired) electrons. The van der Waals surface area contributed by atoms with Gasteiger partial charge in [0.1, 0.15) is 11.9 Å². The average molecular weight is 534 g/mol. The van der Waals surface area contributed by atoms with Crippen LogP contribution >= 0.6 is 24.0 Å². The Bertz CT molecular complexity index is 683. The van der Waals surface area contributed by atoms with Crippen LogP contribution < -0.4 is 10.6 Å². The van der Waals surface area contributed by atoms with Crippen molar-refractivity contribution in [3.05, 3.63) is 35.6 Å². The summed E-state index contributed by atoms with van der Waals surface area (Å²) >= 11 is 0. The lowest BCUT2D eigenvalue weighted by atomic mass is 10.1. The van der Waals surface area contributed by atoms with Crippen molar-refractivity contribution in [2.75, 3.05) is 45.9 Å². The fourth-order valence-electron chi connectivity index (χ4n) is 3.62. The third-order valence-electron chi connectivity index (χ3n) is 5.08. The second-order valence-electron chi connectivity index (χ2n) is 7.30. The number of morpholine rings is 1. The number of nitrogens with zero attached hydrogens (tertiary/aromatic N) is 2. The van der Waals surface area contributed by atoms with Crippen molar-refractivity contribution in [2.24, 2.45) is 4.99 Å². The third kappa shape index (κ3) is 7.66. The van der Waals surface area contributed by atoms with Crippen LogP contribution in [0.15, 0.2) is 29.3 Å².